The van der Waals surface area contributed by atoms with Crippen molar-refractivity contribution in [1.29, 1.82) is 0 Å². The van der Waals surface area contributed by atoms with Crippen molar-refractivity contribution in [3.63, 3.8) is 0 Å². The lowest BCUT2D eigenvalue weighted by Gasteiger charge is -2.10. The van der Waals surface area contributed by atoms with Crippen molar-refractivity contribution in [2.24, 2.45) is 0 Å². The number of anilines is 1. The molecular weight excluding hydrogens is 396 g/mol. The molecule has 0 saturated carbocycles. The lowest BCUT2D eigenvalue weighted by atomic mass is 10.1. The molecule has 0 unspecified atom stereocenters. The predicted molar refractivity (Wildman–Crippen MR) is 121 cm³/mol. The normalized spacial score (nSPS) is 10.6. The summed E-state index contributed by atoms with van der Waals surface area (Å²) in [5.74, 6) is 1.66. The molecular formula is C23H26N4O2S. The Morgan fingerprint density at radius 3 is 2.67 bits per heavy atom. The number of hydrogen-bond acceptors (Lipinski definition) is 5. The maximum Gasteiger partial charge on any atom is 0.234 e. The van der Waals surface area contributed by atoms with Crippen LogP contribution in [0, 0.1) is 6.92 Å². The smallest absolute Gasteiger partial charge is 0.234 e. The molecule has 0 bridgehead atoms. The van der Waals surface area contributed by atoms with Crippen molar-refractivity contribution in [1.82, 2.24) is 14.8 Å². The minimum absolute atomic E-state index is 0.0879. The second-order valence-electron chi connectivity index (χ2n) is 6.74. The summed E-state index contributed by atoms with van der Waals surface area (Å²) in [5.41, 5.74) is 3.09. The Morgan fingerprint density at radius 2 is 1.97 bits per heavy atom. The summed E-state index contributed by atoms with van der Waals surface area (Å²) in [7, 11) is 0. The molecule has 3 aromatic rings. The van der Waals surface area contributed by atoms with E-state index in [0.29, 0.717) is 24.1 Å². The zero-order valence-electron chi connectivity index (χ0n) is 17.3. The highest BCUT2D eigenvalue weighted by atomic mass is 32.2. The molecule has 0 radical (unpaired) electrons. The minimum atomic E-state index is -0.0879. The van der Waals surface area contributed by atoms with Crippen LogP contribution in [0.25, 0.3) is 0 Å². The number of amides is 1. The summed E-state index contributed by atoms with van der Waals surface area (Å²) in [5, 5.41) is 12.1. The number of carbonyl (C=O) groups is 1. The monoisotopic (exact) mass is 422 g/mol. The average molecular weight is 423 g/mol. The Morgan fingerprint density at radius 1 is 1.20 bits per heavy atom. The van der Waals surface area contributed by atoms with Gasteiger partial charge in [0.1, 0.15) is 12.4 Å². The van der Waals surface area contributed by atoms with Gasteiger partial charge in [0.05, 0.1) is 5.75 Å². The van der Waals surface area contributed by atoms with E-state index in [1.54, 1.807) is 6.08 Å². The lowest BCUT2D eigenvalue weighted by molar-refractivity contribution is -0.113. The molecule has 1 heterocycles. The van der Waals surface area contributed by atoms with Gasteiger partial charge in [0.2, 0.25) is 5.91 Å². The van der Waals surface area contributed by atoms with Crippen molar-refractivity contribution in [2.75, 3.05) is 11.1 Å². The molecule has 3 rings (SSSR count). The first-order valence-corrected chi connectivity index (χ1v) is 10.8. The Kier molecular flexibility index (Phi) is 7.68. The fourth-order valence-electron chi connectivity index (χ4n) is 2.86. The number of aromatic nitrogens is 3. The molecule has 30 heavy (non-hydrogen) atoms. The second-order valence-corrected chi connectivity index (χ2v) is 7.68. The van der Waals surface area contributed by atoms with Gasteiger partial charge in [0, 0.05) is 12.2 Å². The summed E-state index contributed by atoms with van der Waals surface area (Å²) >= 11 is 1.34. The number of rotatable bonds is 10. The number of allylic oxidation sites excluding steroid dienone is 1. The van der Waals surface area contributed by atoms with E-state index < -0.39 is 0 Å². The molecule has 2 aromatic carbocycles. The van der Waals surface area contributed by atoms with Crippen LogP contribution in [0.3, 0.4) is 0 Å². The van der Waals surface area contributed by atoms with Crippen LogP contribution in [0.2, 0.25) is 0 Å². The fourth-order valence-corrected chi connectivity index (χ4v) is 3.62. The van der Waals surface area contributed by atoms with E-state index in [-0.39, 0.29) is 11.7 Å². The minimum Gasteiger partial charge on any atom is -0.485 e. The van der Waals surface area contributed by atoms with E-state index in [1.165, 1.54) is 17.3 Å². The summed E-state index contributed by atoms with van der Waals surface area (Å²) in [6.45, 7) is 8.75. The first-order valence-electron chi connectivity index (χ1n) is 9.83. The highest BCUT2D eigenvalue weighted by molar-refractivity contribution is 7.99. The number of aryl methyl sites for hydroxylation is 2. The molecule has 0 aliphatic carbocycles. The fraction of sp³-hybridized carbons (Fsp3) is 0.261. The number of thioether (sulfide) groups is 1. The second kappa shape index (κ2) is 10.6. The Balaban J connectivity index is 1.60. The number of nitrogens with one attached hydrogen (secondary N) is 1. The van der Waals surface area contributed by atoms with Crippen molar-refractivity contribution in [2.45, 2.75) is 38.6 Å². The van der Waals surface area contributed by atoms with Crippen LogP contribution < -0.4 is 10.1 Å². The van der Waals surface area contributed by atoms with Gasteiger partial charge in [0.25, 0.3) is 0 Å². The number of para-hydroxylation sites is 1. The van der Waals surface area contributed by atoms with Crippen LogP contribution in [0.1, 0.15) is 23.9 Å². The van der Waals surface area contributed by atoms with E-state index in [4.69, 9.17) is 4.74 Å². The molecule has 156 valence electrons. The van der Waals surface area contributed by atoms with Gasteiger partial charge in [-0.1, -0.05) is 55.1 Å². The molecule has 0 fully saturated rings. The third-order valence-electron chi connectivity index (χ3n) is 4.53. The van der Waals surface area contributed by atoms with Crippen molar-refractivity contribution >= 4 is 23.4 Å². The predicted octanol–water partition coefficient (Wildman–Crippen LogP) is 4.64. The molecule has 6 nitrogen and oxygen atoms in total. The van der Waals surface area contributed by atoms with Crippen LogP contribution in [0.4, 0.5) is 5.69 Å². The van der Waals surface area contributed by atoms with Crippen LogP contribution in [0.5, 0.6) is 5.75 Å². The summed E-state index contributed by atoms with van der Waals surface area (Å²) in [6, 6.07) is 15.7. The van der Waals surface area contributed by atoms with Gasteiger partial charge in [-0.2, -0.15) is 0 Å². The molecule has 7 heteroatoms. The van der Waals surface area contributed by atoms with Gasteiger partial charge >= 0.3 is 0 Å². The van der Waals surface area contributed by atoms with Crippen LogP contribution >= 0.6 is 11.8 Å². The van der Waals surface area contributed by atoms with Gasteiger partial charge in [-0.15, -0.1) is 16.8 Å². The summed E-state index contributed by atoms with van der Waals surface area (Å²) < 4.78 is 7.82. The zero-order chi connectivity index (χ0) is 21.3. The Hall–Kier alpha value is -3.06. The quantitative estimate of drug-likeness (QED) is 0.381. The van der Waals surface area contributed by atoms with Crippen LogP contribution in [-0.4, -0.2) is 26.4 Å². The van der Waals surface area contributed by atoms with Gasteiger partial charge in [-0.3, -0.25) is 9.36 Å². The van der Waals surface area contributed by atoms with Crippen molar-refractivity contribution in [3.8, 4) is 5.75 Å². The van der Waals surface area contributed by atoms with Gasteiger partial charge in [0.15, 0.2) is 11.0 Å². The maximum atomic E-state index is 12.3. The number of ether oxygens (including phenoxy) is 1. The van der Waals surface area contributed by atoms with Gasteiger partial charge < -0.3 is 10.1 Å². The van der Waals surface area contributed by atoms with E-state index >= 15 is 0 Å². The maximum absolute atomic E-state index is 12.3. The van der Waals surface area contributed by atoms with Crippen LogP contribution in [0.15, 0.2) is 66.3 Å². The topological polar surface area (TPSA) is 69.0 Å². The molecule has 0 aliphatic rings. The van der Waals surface area contributed by atoms with E-state index in [2.05, 4.69) is 29.0 Å². The lowest BCUT2D eigenvalue weighted by Crippen LogP contribution is -2.15. The van der Waals surface area contributed by atoms with E-state index in [0.717, 1.165) is 23.4 Å². The Bertz CT molecular complexity index is 999. The summed E-state index contributed by atoms with van der Waals surface area (Å²) in [6.07, 6.45) is 2.75. The Labute approximate surface area is 181 Å². The van der Waals surface area contributed by atoms with Gasteiger partial charge in [-0.05, 0) is 42.7 Å². The first-order chi connectivity index (χ1) is 14.6. The number of hydrogen-bond donors (Lipinski definition) is 1. The highest BCUT2D eigenvalue weighted by Gasteiger charge is 2.14. The van der Waals surface area contributed by atoms with E-state index in [1.807, 2.05) is 60.0 Å². The molecule has 0 aliphatic heterocycles. The average Bonchev–Trinajstić information content (AvgIpc) is 3.14. The molecule has 1 amide bonds. The van der Waals surface area contributed by atoms with Crippen LogP contribution in [-0.2, 0) is 24.4 Å². The van der Waals surface area contributed by atoms with Crippen molar-refractivity contribution < 1.29 is 9.53 Å². The molecule has 0 saturated heterocycles. The highest BCUT2D eigenvalue weighted by Crippen LogP contribution is 2.21. The molecule has 0 atom stereocenters. The SMILES string of the molecule is C=CCn1c(COc2ccccc2C)nnc1SCC(=O)Nc1ccc(CC)cc1. The largest absolute Gasteiger partial charge is 0.485 e. The third kappa shape index (κ3) is 5.73. The number of benzene rings is 2. The molecule has 1 aromatic heterocycles. The van der Waals surface area contributed by atoms with Crippen molar-refractivity contribution in [3.05, 3.63) is 78.1 Å². The molecule has 0 spiro atoms. The number of carbonyl (C=O) groups excluding carboxylic acids is 1. The zero-order valence-corrected chi connectivity index (χ0v) is 18.1. The molecule has 1 N–H and O–H groups in total. The third-order valence-corrected chi connectivity index (χ3v) is 5.50. The first kappa shape index (κ1) is 21.6. The summed E-state index contributed by atoms with van der Waals surface area (Å²) in [4.78, 5) is 12.3. The number of nitrogens with zero attached hydrogens (tertiary/aromatic N) is 3. The van der Waals surface area contributed by atoms with E-state index in [9.17, 15) is 4.79 Å². The standard InChI is InChI=1S/C23H26N4O2S/c1-4-14-27-21(15-29-20-9-7-6-8-17(20)3)25-26-23(27)30-16-22(28)24-19-12-10-18(5-2)11-13-19/h4,6-13H,1,5,14-16H2,2-3H3,(H,24,28). The van der Waals surface area contributed by atoms with Gasteiger partial charge in [-0.25, -0.2) is 0 Å².